The lowest BCUT2D eigenvalue weighted by molar-refractivity contribution is -0.120. The lowest BCUT2D eigenvalue weighted by atomic mass is 9.86. The van der Waals surface area contributed by atoms with Crippen molar-refractivity contribution in [3.8, 4) is 0 Å². The largest absolute Gasteiger partial charge is 0.462 e. The molecule has 0 radical (unpaired) electrons. The van der Waals surface area contributed by atoms with Crippen molar-refractivity contribution in [1.82, 2.24) is 10.2 Å². The average molecular weight is 406 g/mol. The number of nitrogens with one attached hydrogen (secondary N) is 1. The van der Waals surface area contributed by atoms with Crippen molar-refractivity contribution in [3.63, 3.8) is 0 Å². The summed E-state index contributed by atoms with van der Waals surface area (Å²) in [6.45, 7) is 4.91. The molecule has 0 aromatic heterocycles. The molecule has 2 aliphatic heterocycles. The highest BCUT2D eigenvalue weighted by molar-refractivity contribution is 9.10. The number of rotatable bonds is 2. The molecule has 25 heavy (non-hydrogen) atoms. The number of amides is 2. The van der Waals surface area contributed by atoms with Gasteiger partial charge in [-0.05, 0) is 50.5 Å². The number of fused-ring (bicyclic) bond motifs is 2. The molecular weight excluding hydrogens is 386 g/mol. The summed E-state index contributed by atoms with van der Waals surface area (Å²) in [5, 5.41) is 2.67. The molecule has 132 valence electrons. The van der Waals surface area contributed by atoms with Crippen LogP contribution in [0, 0.1) is 0 Å². The smallest absolute Gasteiger partial charge is 0.292 e. The minimum Gasteiger partial charge on any atom is -0.462 e. The van der Waals surface area contributed by atoms with Gasteiger partial charge in [0.05, 0.1) is 5.54 Å². The van der Waals surface area contributed by atoms with Crippen molar-refractivity contribution in [2.24, 2.45) is 4.99 Å². The van der Waals surface area contributed by atoms with Gasteiger partial charge < -0.3 is 9.64 Å². The highest BCUT2D eigenvalue weighted by atomic mass is 79.9. The van der Waals surface area contributed by atoms with Crippen LogP contribution in [0.4, 0.5) is 0 Å². The number of halogens is 1. The third-order valence-corrected chi connectivity index (χ3v) is 5.46. The highest BCUT2D eigenvalue weighted by Gasteiger charge is 2.51. The van der Waals surface area contributed by atoms with Crippen LogP contribution in [-0.4, -0.2) is 48.0 Å². The predicted octanol–water partition coefficient (Wildman–Crippen LogP) is 2.22. The van der Waals surface area contributed by atoms with E-state index in [9.17, 15) is 9.59 Å². The average Bonchev–Trinajstić information content (AvgIpc) is 3.22. The van der Waals surface area contributed by atoms with Gasteiger partial charge in [-0.25, -0.2) is 4.99 Å². The standard InChI is InChI=1S/C18H20BrN3O3/c1-17(2)10-25-16(21-17)20-14(23)8-22-9-18(5-6-18)13-7-11(19)3-4-12(13)15(22)24/h3-4,7H,5-6,8-10H2,1-2H3,(H,20,21,23). The van der Waals surface area contributed by atoms with Crippen LogP contribution in [0.1, 0.15) is 42.6 Å². The van der Waals surface area contributed by atoms with Crippen LogP contribution >= 0.6 is 15.9 Å². The van der Waals surface area contributed by atoms with Crippen molar-refractivity contribution in [2.75, 3.05) is 19.7 Å². The maximum atomic E-state index is 12.8. The second-order valence-electron chi connectivity index (χ2n) is 7.70. The molecule has 1 N–H and O–H groups in total. The number of hydrogen-bond acceptors (Lipinski definition) is 4. The highest BCUT2D eigenvalue weighted by Crippen LogP contribution is 2.52. The van der Waals surface area contributed by atoms with Crippen LogP contribution < -0.4 is 5.32 Å². The first-order chi connectivity index (χ1) is 11.8. The molecule has 1 saturated carbocycles. The minimum atomic E-state index is -0.325. The van der Waals surface area contributed by atoms with Gasteiger partial charge in [-0.3, -0.25) is 14.9 Å². The van der Waals surface area contributed by atoms with E-state index < -0.39 is 0 Å². The van der Waals surface area contributed by atoms with Crippen LogP contribution in [0.2, 0.25) is 0 Å². The Labute approximate surface area is 154 Å². The molecule has 3 aliphatic rings. The maximum Gasteiger partial charge on any atom is 0.292 e. The molecule has 4 rings (SSSR count). The van der Waals surface area contributed by atoms with E-state index in [0.29, 0.717) is 18.7 Å². The van der Waals surface area contributed by atoms with E-state index in [1.807, 2.05) is 32.0 Å². The third-order valence-electron chi connectivity index (χ3n) is 4.96. The summed E-state index contributed by atoms with van der Waals surface area (Å²) in [5.41, 5.74) is 1.49. The summed E-state index contributed by atoms with van der Waals surface area (Å²) < 4.78 is 6.37. The van der Waals surface area contributed by atoms with E-state index in [4.69, 9.17) is 4.74 Å². The van der Waals surface area contributed by atoms with E-state index in [1.54, 1.807) is 4.90 Å². The van der Waals surface area contributed by atoms with Gasteiger partial charge in [0.25, 0.3) is 11.9 Å². The van der Waals surface area contributed by atoms with E-state index in [0.717, 1.165) is 22.9 Å². The number of aliphatic imine (C=N–C) groups is 1. The molecular formula is C18H20BrN3O3. The van der Waals surface area contributed by atoms with E-state index in [1.165, 1.54) is 0 Å². The number of benzene rings is 1. The monoisotopic (exact) mass is 405 g/mol. The van der Waals surface area contributed by atoms with Gasteiger partial charge in [-0.1, -0.05) is 15.9 Å². The normalized spacial score (nSPS) is 22.3. The van der Waals surface area contributed by atoms with Crippen molar-refractivity contribution < 1.29 is 14.3 Å². The number of carbonyl (C=O) groups is 2. The SMILES string of the molecule is CC1(C)COC(NC(=O)CN2CC3(CC3)c3cc(Br)ccc3C2=O)=N1. The summed E-state index contributed by atoms with van der Waals surface area (Å²) in [7, 11) is 0. The zero-order valence-corrected chi connectivity index (χ0v) is 15.9. The summed E-state index contributed by atoms with van der Waals surface area (Å²) in [4.78, 5) is 31.1. The molecule has 0 bridgehead atoms. The molecule has 6 nitrogen and oxygen atoms in total. The first-order valence-corrected chi connectivity index (χ1v) is 9.19. The van der Waals surface area contributed by atoms with Crippen LogP contribution in [0.25, 0.3) is 0 Å². The zero-order valence-electron chi connectivity index (χ0n) is 14.3. The van der Waals surface area contributed by atoms with Crippen LogP contribution in [0.15, 0.2) is 27.7 Å². The molecule has 2 heterocycles. The molecule has 1 spiro atoms. The Hall–Kier alpha value is -1.89. The zero-order chi connectivity index (χ0) is 17.8. The molecule has 7 heteroatoms. The van der Waals surface area contributed by atoms with Crippen molar-refractivity contribution >= 4 is 33.8 Å². The van der Waals surface area contributed by atoms with Gasteiger partial charge in [0, 0.05) is 22.0 Å². The number of amidine groups is 1. The van der Waals surface area contributed by atoms with Gasteiger partial charge in [0.15, 0.2) is 0 Å². The van der Waals surface area contributed by atoms with Crippen molar-refractivity contribution in [1.29, 1.82) is 0 Å². The quantitative estimate of drug-likeness (QED) is 0.819. The van der Waals surface area contributed by atoms with Crippen molar-refractivity contribution in [2.45, 2.75) is 37.6 Å². The second-order valence-corrected chi connectivity index (χ2v) is 8.61. The Bertz CT molecular complexity index is 799. The van der Waals surface area contributed by atoms with Gasteiger partial charge in [0.2, 0.25) is 5.91 Å². The Kier molecular flexibility index (Phi) is 3.68. The predicted molar refractivity (Wildman–Crippen MR) is 96.6 cm³/mol. The van der Waals surface area contributed by atoms with Crippen LogP contribution in [0.5, 0.6) is 0 Å². The minimum absolute atomic E-state index is 0.0106. The van der Waals surface area contributed by atoms with E-state index >= 15 is 0 Å². The fourth-order valence-corrected chi connectivity index (χ4v) is 3.88. The molecule has 1 aromatic carbocycles. The summed E-state index contributed by atoms with van der Waals surface area (Å²) in [6.07, 6.45) is 2.09. The Morgan fingerprint density at radius 1 is 1.40 bits per heavy atom. The third kappa shape index (κ3) is 3.05. The van der Waals surface area contributed by atoms with E-state index in [-0.39, 0.29) is 35.3 Å². The summed E-state index contributed by atoms with van der Waals surface area (Å²) >= 11 is 3.49. The lowest BCUT2D eigenvalue weighted by Gasteiger charge is -2.34. The molecule has 2 amide bonds. The number of carbonyl (C=O) groups excluding carboxylic acids is 2. The number of hydrogen-bond donors (Lipinski definition) is 1. The second kappa shape index (κ2) is 5.56. The molecule has 0 atom stereocenters. The first-order valence-electron chi connectivity index (χ1n) is 8.40. The maximum absolute atomic E-state index is 12.8. The van der Waals surface area contributed by atoms with Crippen LogP contribution in [0.3, 0.4) is 0 Å². The summed E-state index contributed by atoms with van der Waals surface area (Å²) in [6, 6.07) is 6.00. The molecule has 0 saturated heterocycles. The first kappa shape index (κ1) is 16.6. The molecule has 1 aliphatic carbocycles. The van der Waals surface area contributed by atoms with Crippen LogP contribution in [-0.2, 0) is 14.9 Å². The fraction of sp³-hybridized carbons (Fsp3) is 0.500. The Morgan fingerprint density at radius 3 is 2.80 bits per heavy atom. The van der Waals surface area contributed by atoms with E-state index in [2.05, 4.69) is 26.2 Å². The molecule has 1 aromatic rings. The molecule has 0 unspecified atom stereocenters. The fourth-order valence-electron chi connectivity index (χ4n) is 3.52. The van der Waals surface area contributed by atoms with Crippen molar-refractivity contribution in [3.05, 3.63) is 33.8 Å². The van der Waals surface area contributed by atoms with Gasteiger partial charge >= 0.3 is 0 Å². The lowest BCUT2D eigenvalue weighted by Crippen LogP contribution is -2.48. The van der Waals surface area contributed by atoms with Gasteiger partial charge in [0.1, 0.15) is 13.2 Å². The molecule has 1 fully saturated rings. The topological polar surface area (TPSA) is 71.0 Å². The number of ether oxygens (including phenoxy) is 1. The summed E-state index contributed by atoms with van der Waals surface area (Å²) in [5.74, 6) is -0.369. The number of nitrogens with zero attached hydrogens (tertiary/aromatic N) is 2. The van der Waals surface area contributed by atoms with Gasteiger partial charge in [-0.15, -0.1) is 0 Å². The Balaban J connectivity index is 1.50. The van der Waals surface area contributed by atoms with Gasteiger partial charge in [-0.2, -0.15) is 0 Å². The Morgan fingerprint density at radius 2 is 2.16 bits per heavy atom.